The van der Waals surface area contributed by atoms with Crippen molar-refractivity contribution in [1.29, 1.82) is 0 Å². The van der Waals surface area contributed by atoms with Crippen molar-refractivity contribution in [1.82, 2.24) is 25.4 Å². The number of thioether (sulfide) groups is 1. The number of aromatic nitrogens is 3. The Morgan fingerprint density at radius 3 is 2.38 bits per heavy atom. The molecule has 0 fully saturated rings. The first-order valence-corrected chi connectivity index (χ1v) is 10.6. The molecule has 3 aromatic rings. The van der Waals surface area contributed by atoms with Crippen molar-refractivity contribution in [3.63, 3.8) is 0 Å². The maximum atomic E-state index is 4.75. The van der Waals surface area contributed by atoms with Crippen molar-refractivity contribution in [2.45, 2.75) is 37.1 Å². The van der Waals surface area contributed by atoms with Crippen molar-refractivity contribution in [3.05, 3.63) is 77.9 Å². The second-order valence-electron chi connectivity index (χ2n) is 6.85. The van der Waals surface area contributed by atoms with Gasteiger partial charge in [0.25, 0.3) is 0 Å². The van der Waals surface area contributed by atoms with E-state index >= 15 is 0 Å². The summed E-state index contributed by atoms with van der Waals surface area (Å²) in [5.41, 5.74) is 1.18. The Balaban J connectivity index is 1.60. The number of aryl methyl sites for hydroxylation is 1. The SMILES string of the molecule is Cc1nnc(CNC(=NCc2ccccc2)NCC(C)Sc2ccccc2)n1C. The van der Waals surface area contributed by atoms with E-state index in [9.17, 15) is 0 Å². The third kappa shape index (κ3) is 6.64. The van der Waals surface area contributed by atoms with Crippen molar-refractivity contribution < 1.29 is 0 Å². The highest BCUT2D eigenvalue weighted by Crippen LogP contribution is 2.21. The molecule has 1 unspecified atom stereocenters. The van der Waals surface area contributed by atoms with E-state index in [1.165, 1.54) is 10.5 Å². The summed E-state index contributed by atoms with van der Waals surface area (Å²) < 4.78 is 1.98. The molecule has 1 heterocycles. The van der Waals surface area contributed by atoms with Crippen LogP contribution in [0.4, 0.5) is 0 Å². The van der Waals surface area contributed by atoms with Crippen LogP contribution in [0.15, 0.2) is 70.6 Å². The molecule has 0 bridgehead atoms. The molecule has 1 atom stereocenters. The smallest absolute Gasteiger partial charge is 0.192 e. The normalized spacial score (nSPS) is 12.6. The van der Waals surface area contributed by atoms with Crippen molar-refractivity contribution in [2.75, 3.05) is 6.54 Å². The average Bonchev–Trinajstić information content (AvgIpc) is 3.07. The van der Waals surface area contributed by atoms with Gasteiger partial charge in [-0.3, -0.25) is 0 Å². The van der Waals surface area contributed by atoms with E-state index in [2.05, 4.69) is 64.2 Å². The maximum absolute atomic E-state index is 4.75. The molecular formula is C22H28N6S. The van der Waals surface area contributed by atoms with Gasteiger partial charge in [0.05, 0.1) is 13.1 Å². The number of hydrogen-bond acceptors (Lipinski definition) is 4. The van der Waals surface area contributed by atoms with E-state index in [0.29, 0.717) is 18.3 Å². The maximum Gasteiger partial charge on any atom is 0.192 e. The highest BCUT2D eigenvalue weighted by atomic mass is 32.2. The molecule has 0 aliphatic carbocycles. The van der Waals surface area contributed by atoms with E-state index in [0.717, 1.165) is 24.2 Å². The molecule has 1 aromatic heterocycles. The highest BCUT2D eigenvalue weighted by Gasteiger charge is 2.09. The first-order valence-electron chi connectivity index (χ1n) is 9.74. The molecule has 7 heteroatoms. The largest absolute Gasteiger partial charge is 0.355 e. The summed E-state index contributed by atoms with van der Waals surface area (Å²) in [6, 6.07) is 20.7. The second-order valence-corrected chi connectivity index (χ2v) is 8.36. The van der Waals surface area contributed by atoms with Crippen molar-refractivity contribution >= 4 is 17.7 Å². The lowest BCUT2D eigenvalue weighted by Crippen LogP contribution is -2.40. The van der Waals surface area contributed by atoms with E-state index < -0.39 is 0 Å². The van der Waals surface area contributed by atoms with Crippen LogP contribution in [0.2, 0.25) is 0 Å². The zero-order valence-electron chi connectivity index (χ0n) is 17.2. The molecule has 0 saturated heterocycles. The molecule has 2 aromatic carbocycles. The van der Waals surface area contributed by atoms with E-state index in [1.54, 1.807) is 0 Å². The minimum atomic E-state index is 0.401. The van der Waals surface area contributed by atoms with Crippen molar-refractivity contribution in [2.24, 2.45) is 12.0 Å². The summed E-state index contributed by atoms with van der Waals surface area (Å²) in [4.78, 5) is 6.02. The van der Waals surface area contributed by atoms with Gasteiger partial charge in [-0.2, -0.15) is 0 Å². The Hall–Kier alpha value is -2.80. The Morgan fingerprint density at radius 2 is 1.72 bits per heavy atom. The summed E-state index contributed by atoms with van der Waals surface area (Å²) in [6.07, 6.45) is 0. The minimum Gasteiger partial charge on any atom is -0.355 e. The topological polar surface area (TPSA) is 67.1 Å². The molecular weight excluding hydrogens is 380 g/mol. The minimum absolute atomic E-state index is 0.401. The zero-order valence-corrected chi connectivity index (χ0v) is 18.0. The number of guanidine groups is 1. The summed E-state index contributed by atoms with van der Waals surface area (Å²) in [5.74, 6) is 2.55. The average molecular weight is 409 g/mol. The standard InChI is InChI=1S/C22H28N6S/c1-17(29-20-12-8-5-9-13-20)14-23-22(24-15-19-10-6-4-7-11-19)25-16-21-27-26-18(2)28(21)3/h4-13,17H,14-16H2,1-3H3,(H2,23,24,25). The van der Waals surface area contributed by atoms with Crippen LogP contribution < -0.4 is 10.6 Å². The Morgan fingerprint density at radius 1 is 1.03 bits per heavy atom. The fraction of sp³-hybridized carbons (Fsp3) is 0.318. The fourth-order valence-corrected chi connectivity index (χ4v) is 3.65. The van der Waals surface area contributed by atoms with Gasteiger partial charge in [-0.25, -0.2) is 4.99 Å². The Labute approximate surface area is 176 Å². The van der Waals surface area contributed by atoms with E-state index in [1.807, 2.05) is 54.6 Å². The molecule has 29 heavy (non-hydrogen) atoms. The molecule has 152 valence electrons. The molecule has 6 nitrogen and oxygen atoms in total. The van der Waals surface area contributed by atoms with Gasteiger partial charge >= 0.3 is 0 Å². The van der Waals surface area contributed by atoms with Crippen LogP contribution in [0, 0.1) is 6.92 Å². The van der Waals surface area contributed by atoms with Gasteiger partial charge in [-0.05, 0) is 24.6 Å². The lowest BCUT2D eigenvalue weighted by Gasteiger charge is -2.16. The number of rotatable bonds is 8. The molecule has 2 N–H and O–H groups in total. The molecule has 0 radical (unpaired) electrons. The Bertz CT molecular complexity index is 908. The summed E-state index contributed by atoms with van der Waals surface area (Å²) in [6.45, 7) is 6.15. The lowest BCUT2D eigenvalue weighted by atomic mass is 10.2. The molecule has 3 rings (SSSR count). The zero-order chi connectivity index (χ0) is 20.5. The van der Waals surface area contributed by atoms with Gasteiger partial charge in [0.2, 0.25) is 0 Å². The van der Waals surface area contributed by atoms with Gasteiger partial charge in [0, 0.05) is 23.7 Å². The third-order valence-electron chi connectivity index (χ3n) is 4.50. The number of aliphatic imine (C=N–C) groups is 1. The fourth-order valence-electron chi connectivity index (χ4n) is 2.71. The number of benzene rings is 2. The Kier molecular flexibility index (Phi) is 7.69. The number of nitrogens with zero attached hydrogens (tertiary/aromatic N) is 4. The van der Waals surface area contributed by atoms with Gasteiger partial charge < -0.3 is 15.2 Å². The highest BCUT2D eigenvalue weighted by molar-refractivity contribution is 8.00. The number of nitrogens with one attached hydrogen (secondary N) is 2. The lowest BCUT2D eigenvalue weighted by molar-refractivity contribution is 0.712. The van der Waals surface area contributed by atoms with Crippen LogP contribution in [0.3, 0.4) is 0 Å². The second kappa shape index (κ2) is 10.7. The molecule has 0 aliphatic heterocycles. The quantitative estimate of drug-likeness (QED) is 0.339. The van der Waals surface area contributed by atoms with Crippen LogP contribution in [0.25, 0.3) is 0 Å². The predicted octanol–water partition coefficient (Wildman–Crippen LogP) is 3.54. The summed E-state index contributed by atoms with van der Waals surface area (Å²) in [7, 11) is 1.97. The van der Waals surface area contributed by atoms with Crippen LogP contribution in [-0.2, 0) is 20.1 Å². The van der Waals surface area contributed by atoms with Crippen LogP contribution in [0.1, 0.15) is 24.1 Å². The van der Waals surface area contributed by atoms with Gasteiger partial charge in [0.15, 0.2) is 11.8 Å². The summed E-state index contributed by atoms with van der Waals surface area (Å²) >= 11 is 1.85. The monoisotopic (exact) mass is 408 g/mol. The first kappa shape index (κ1) is 20.9. The van der Waals surface area contributed by atoms with Crippen molar-refractivity contribution in [3.8, 4) is 0 Å². The van der Waals surface area contributed by atoms with E-state index in [-0.39, 0.29) is 0 Å². The van der Waals surface area contributed by atoms with Crippen LogP contribution >= 0.6 is 11.8 Å². The van der Waals surface area contributed by atoms with Gasteiger partial charge in [-0.1, -0.05) is 55.5 Å². The number of hydrogen-bond donors (Lipinski definition) is 2. The third-order valence-corrected chi connectivity index (χ3v) is 5.61. The van der Waals surface area contributed by atoms with Crippen LogP contribution in [0.5, 0.6) is 0 Å². The molecule has 0 amide bonds. The molecule has 0 spiro atoms. The van der Waals surface area contributed by atoms with E-state index in [4.69, 9.17) is 4.99 Å². The molecule has 0 aliphatic rings. The summed E-state index contributed by atoms with van der Waals surface area (Å²) in [5, 5.41) is 15.6. The molecule has 0 saturated carbocycles. The van der Waals surface area contributed by atoms with Crippen LogP contribution in [-0.4, -0.2) is 32.5 Å². The first-order chi connectivity index (χ1) is 14.1. The van der Waals surface area contributed by atoms with Gasteiger partial charge in [0.1, 0.15) is 5.82 Å². The predicted molar refractivity (Wildman–Crippen MR) is 120 cm³/mol. The van der Waals surface area contributed by atoms with Gasteiger partial charge in [-0.15, -0.1) is 22.0 Å².